The van der Waals surface area contributed by atoms with Crippen LogP contribution in [0, 0.1) is 13.8 Å². The molecule has 0 bridgehead atoms. The highest BCUT2D eigenvalue weighted by molar-refractivity contribution is 6.13. The third-order valence-electron chi connectivity index (χ3n) is 13.0. The van der Waals surface area contributed by atoms with Gasteiger partial charge in [0, 0.05) is 68.1 Å². The molecule has 9 aromatic carbocycles. The van der Waals surface area contributed by atoms with Crippen molar-refractivity contribution in [2.24, 2.45) is 0 Å². The summed E-state index contributed by atoms with van der Waals surface area (Å²) in [6, 6.07) is 80.6. The van der Waals surface area contributed by atoms with Gasteiger partial charge in [-0.15, -0.1) is 0 Å². The van der Waals surface area contributed by atoms with Crippen molar-refractivity contribution in [2.75, 3.05) is 9.80 Å². The van der Waals surface area contributed by atoms with Crippen molar-refractivity contribution in [1.82, 2.24) is 14.5 Å². The summed E-state index contributed by atoms with van der Waals surface area (Å²) in [4.78, 5) is 14.1. The Kier molecular flexibility index (Phi) is 9.88. The van der Waals surface area contributed by atoms with E-state index in [1.165, 1.54) is 38.7 Å². The maximum Gasteiger partial charge on any atom is 0.0970 e. The molecule has 0 saturated carbocycles. The van der Waals surface area contributed by atoms with Crippen LogP contribution in [-0.2, 0) is 0 Å². The molecule has 0 radical (unpaired) electrons. The van der Waals surface area contributed by atoms with Gasteiger partial charge in [0.2, 0.25) is 0 Å². The fraction of sp³-hybridized carbons (Fsp3) is 0.0323. The molecule has 0 aliphatic rings. The molecule has 0 amide bonds. The third-order valence-corrected chi connectivity index (χ3v) is 13.0. The minimum atomic E-state index is 0.924. The number of pyridine rings is 2. The highest BCUT2D eigenvalue weighted by Crippen LogP contribution is 2.44. The summed E-state index contributed by atoms with van der Waals surface area (Å²) < 4.78 is 2.48. The smallest absolute Gasteiger partial charge is 0.0970 e. The number of hydrogen-bond acceptors (Lipinski definition) is 4. The highest BCUT2D eigenvalue weighted by Gasteiger charge is 2.22. The van der Waals surface area contributed by atoms with Crippen LogP contribution < -0.4 is 9.80 Å². The standard InChI is InChI=1S/C62H45N5/c1-42-37-47(44-27-29-45(30-28-44)55-39-46-17-15-35-63-60(46)61-54(55)26-16-36-64-61)38-43(2)62(42)67-58-33-31-52(65(48-18-7-3-8-19-48)49-20-9-4-10-21-49)40-56(58)57-41-53(32-34-59(57)67)66(50-22-11-5-12-23-50)51-24-13-6-14-25-51/h3-41H,1-2H3. The largest absolute Gasteiger partial charge is 0.310 e. The Labute approximate surface area is 390 Å². The second kappa shape index (κ2) is 16.6. The van der Waals surface area contributed by atoms with E-state index >= 15 is 0 Å². The van der Waals surface area contributed by atoms with Crippen molar-refractivity contribution in [1.29, 1.82) is 0 Å². The van der Waals surface area contributed by atoms with Crippen molar-refractivity contribution < 1.29 is 0 Å². The van der Waals surface area contributed by atoms with Gasteiger partial charge in [-0.05, 0) is 162 Å². The van der Waals surface area contributed by atoms with Crippen LogP contribution in [-0.4, -0.2) is 14.5 Å². The quantitative estimate of drug-likeness (QED) is 0.136. The topological polar surface area (TPSA) is 37.2 Å². The Morgan fingerprint density at radius 1 is 0.343 bits per heavy atom. The Balaban J connectivity index is 1.01. The zero-order valence-electron chi connectivity index (χ0n) is 37.3. The fourth-order valence-electron chi connectivity index (χ4n) is 10.1. The normalized spacial score (nSPS) is 11.4. The van der Waals surface area contributed by atoms with Gasteiger partial charge in [0.25, 0.3) is 0 Å². The van der Waals surface area contributed by atoms with Gasteiger partial charge in [-0.1, -0.05) is 109 Å². The van der Waals surface area contributed by atoms with E-state index in [4.69, 9.17) is 4.98 Å². The van der Waals surface area contributed by atoms with Crippen LogP contribution in [0.1, 0.15) is 11.1 Å². The maximum atomic E-state index is 4.75. The SMILES string of the molecule is Cc1cc(-c2ccc(-c3cc4cccnc4c4ncccc34)cc2)cc(C)c1-n1c2ccc(N(c3ccccc3)c3ccccc3)cc2c2cc(N(c3ccccc3)c3ccccc3)ccc21. The van der Waals surface area contributed by atoms with E-state index in [9.17, 15) is 0 Å². The van der Waals surface area contributed by atoms with E-state index < -0.39 is 0 Å². The van der Waals surface area contributed by atoms with Gasteiger partial charge in [-0.3, -0.25) is 9.97 Å². The fourth-order valence-corrected chi connectivity index (χ4v) is 10.1. The predicted octanol–water partition coefficient (Wildman–Crippen LogP) is 16.8. The molecule has 0 N–H and O–H groups in total. The summed E-state index contributed by atoms with van der Waals surface area (Å²) in [6.45, 7) is 4.50. The molecule has 0 aliphatic heterocycles. The molecule has 0 saturated heterocycles. The molecule has 318 valence electrons. The number of benzene rings is 9. The molecule has 3 aromatic heterocycles. The zero-order chi connectivity index (χ0) is 44.8. The van der Waals surface area contributed by atoms with E-state index in [-0.39, 0.29) is 0 Å². The first-order chi connectivity index (χ1) is 33.1. The van der Waals surface area contributed by atoms with Gasteiger partial charge in [0.15, 0.2) is 0 Å². The van der Waals surface area contributed by atoms with Crippen LogP contribution in [0.25, 0.3) is 71.6 Å². The van der Waals surface area contributed by atoms with Crippen molar-refractivity contribution in [2.45, 2.75) is 13.8 Å². The van der Waals surface area contributed by atoms with Gasteiger partial charge in [0.1, 0.15) is 0 Å². The molecular weight excluding hydrogens is 815 g/mol. The molecule has 3 heterocycles. The molecule has 5 heteroatoms. The first kappa shape index (κ1) is 39.8. The zero-order valence-corrected chi connectivity index (χ0v) is 37.3. The number of rotatable bonds is 9. The number of fused-ring (bicyclic) bond motifs is 6. The van der Waals surface area contributed by atoms with Crippen molar-refractivity contribution in [3.05, 3.63) is 248 Å². The minimum absolute atomic E-state index is 0.924. The number of aryl methyl sites for hydroxylation is 2. The van der Waals surface area contributed by atoms with E-state index in [1.807, 2.05) is 24.5 Å². The average molecular weight is 860 g/mol. The van der Waals surface area contributed by atoms with Crippen LogP contribution in [0.15, 0.2) is 237 Å². The second-order valence-corrected chi connectivity index (χ2v) is 17.2. The molecule has 0 aliphatic carbocycles. The summed E-state index contributed by atoms with van der Waals surface area (Å²) in [5.41, 5.74) is 19.0. The van der Waals surface area contributed by atoms with Crippen molar-refractivity contribution in [3.8, 4) is 27.9 Å². The molecule has 0 atom stereocenters. The van der Waals surface area contributed by atoms with Crippen LogP contribution in [0.2, 0.25) is 0 Å². The van der Waals surface area contributed by atoms with Crippen molar-refractivity contribution in [3.63, 3.8) is 0 Å². The summed E-state index contributed by atoms with van der Waals surface area (Å²) >= 11 is 0. The highest BCUT2D eigenvalue weighted by atomic mass is 15.1. The first-order valence-corrected chi connectivity index (χ1v) is 22.8. The maximum absolute atomic E-state index is 4.75. The molecule has 12 rings (SSSR count). The Bertz CT molecular complexity index is 3510. The molecule has 0 spiro atoms. The van der Waals surface area contributed by atoms with E-state index in [0.717, 1.165) is 78.1 Å². The predicted molar refractivity (Wildman–Crippen MR) is 281 cm³/mol. The number of nitrogens with zero attached hydrogens (tertiary/aromatic N) is 5. The summed E-state index contributed by atoms with van der Waals surface area (Å²) in [5, 5.41) is 4.54. The number of aromatic nitrogens is 3. The summed E-state index contributed by atoms with van der Waals surface area (Å²) in [6.07, 6.45) is 3.69. The minimum Gasteiger partial charge on any atom is -0.310 e. The lowest BCUT2D eigenvalue weighted by molar-refractivity contribution is 1.12. The number of para-hydroxylation sites is 4. The average Bonchev–Trinajstić information content (AvgIpc) is 3.70. The summed E-state index contributed by atoms with van der Waals surface area (Å²) in [5.74, 6) is 0. The Morgan fingerprint density at radius 2 is 0.791 bits per heavy atom. The van der Waals surface area contributed by atoms with E-state index in [1.54, 1.807) is 0 Å². The van der Waals surface area contributed by atoms with E-state index in [0.29, 0.717) is 0 Å². The Morgan fingerprint density at radius 3 is 1.28 bits per heavy atom. The lowest BCUT2D eigenvalue weighted by Crippen LogP contribution is -2.09. The van der Waals surface area contributed by atoms with Crippen LogP contribution >= 0.6 is 0 Å². The van der Waals surface area contributed by atoms with Gasteiger partial charge in [-0.2, -0.15) is 0 Å². The Hall–Kier alpha value is -8.80. The van der Waals surface area contributed by atoms with Gasteiger partial charge in [-0.25, -0.2) is 0 Å². The van der Waals surface area contributed by atoms with Crippen molar-refractivity contribution >= 4 is 77.7 Å². The third kappa shape index (κ3) is 7.05. The van der Waals surface area contributed by atoms with E-state index in [2.05, 4.69) is 246 Å². The molecule has 12 aromatic rings. The molecular formula is C62H45N5. The number of anilines is 6. The van der Waals surface area contributed by atoms with Gasteiger partial charge < -0.3 is 14.4 Å². The molecule has 5 nitrogen and oxygen atoms in total. The molecule has 0 unspecified atom stereocenters. The molecule has 0 fully saturated rings. The summed E-state index contributed by atoms with van der Waals surface area (Å²) in [7, 11) is 0. The first-order valence-electron chi connectivity index (χ1n) is 22.8. The number of hydrogen-bond donors (Lipinski definition) is 0. The molecule has 67 heavy (non-hydrogen) atoms. The van der Waals surface area contributed by atoms with Crippen LogP contribution in [0.4, 0.5) is 34.1 Å². The van der Waals surface area contributed by atoms with Gasteiger partial charge >= 0.3 is 0 Å². The lowest BCUT2D eigenvalue weighted by Gasteiger charge is -2.26. The van der Waals surface area contributed by atoms with Gasteiger partial charge in [0.05, 0.1) is 27.8 Å². The lowest BCUT2D eigenvalue weighted by atomic mass is 9.94. The second-order valence-electron chi connectivity index (χ2n) is 17.2. The van der Waals surface area contributed by atoms with Crippen LogP contribution in [0.3, 0.4) is 0 Å². The van der Waals surface area contributed by atoms with Crippen LogP contribution in [0.5, 0.6) is 0 Å². The monoisotopic (exact) mass is 859 g/mol.